The summed E-state index contributed by atoms with van der Waals surface area (Å²) in [5, 5.41) is 6.64. The number of carbonyl (C=O) groups is 1. The zero-order valence-corrected chi connectivity index (χ0v) is 15.4. The Morgan fingerprint density at radius 3 is 2.64 bits per heavy atom. The molecule has 2 heterocycles. The van der Waals surface area contributed by atoms with E-state index < -0.39 is 23.3 Å². The molecular weight excluding hydrogens is 413 g/mol. The molecule has 0 radical (unpaired) electrons. The van der Waals surface area contributed by atoms with Crippen LogP contribution in [0, 0.1) is 0 Å². The molecule has 0 atom stereocenters. The van der Waals surface area contributed by atoms with Gasteiger partial charge < -0.3 is 0 Å². The van der Waals surface area contributed by atoms with E-state index in [-0.39, 0.29) is 15.8 Å². The van der Waals surface area contributed by atoms with Crippen LogP contribution in [0.3, 0.4) is 0 Å². The SMILES string of the molecule is O=C(Nc1nc2ccccc2s1)c1cnn(-c2cccc(Cl)c2)c1C(F)(F)F. The number of para-hydroxylation sites is 1. The highest BCUT2D eigenvalue weighted by Crippen LogP contribution is 2.35. The fourth-order valence-electron chi connectivity index (χ4n) is 2.68. The molecule has 2 aromatic heterocycles. The third-order valence-corrected chi connectivity index (χ3v) is 5.04. The molecule has 5 nitrogen and oxygen atoms in total. The number of carbonyl (C=O) groups excluding carboxylic acids is 1. The molecule has 142 valence electrons. The monoisotopic (exact) mass is 422 g/mol. The number of fused-ring (bicyclic) bond motifs is 1. The Balaban J connectivity index is 1.73. The van der Waals surface area contributed by atoms with Crippen LogP contribution >= 0.6 is 22.9 Å². The van der Waals surface area contributed by atoms with E-state index in [4.69, 9.17) is 11.6 Å². The second-order valence-corrected chi connectivity index (χ2v) is 7.20. The lowest BCUT2D eigenvalue weighted by molar-refractivity contribution is -0.143. The number of halogens is 4. The lowest BCUT2D eigenvalue weighted by Gasteiger charge is -2.12. The molecule has 0 unspecified atom stereocenters. The normalized spacial score (nSPS) is 11.7. The molecule has 0 aliphatic heterocycles. The van der Waals surface area contributed by atoms with Gasteiger partial charge in [-0.3, -0.25) is 10.1 Å². The summed E-state index contributed by atoms with van der Waals surface area (Å²) in [6.07, 6.45) is -3.93. The fourth-order valence-corrected chi connectivity index (χ4v) is 3.73. The molecule has 28 heavy (non-hydrogen) atoms. The van der Waals surface area contributed by atoms with Gasteiger partial charge in [-0.05, 0) is 30.3 Å². The van der Waals surface area contributed by atoms with Crippen LogP contribution in [0.2, 0.25) is 5.02 Å². The lowest BCUT2D eigenvalue weighted by Crippen LogP contribution is -2.20. The van der Waals surface area contributed by atoms with Crippen LogP contribution in [-0.2, 0) is 6.18 Å². The Kier molecular flexibility index (Phi) is 4.56. The summed E-state index contributed by atoms with van der Waals surface area (Å²) in [4.78, 5) is 16.8. The maximum absolute atomic E-state index is 13.7. The molecule has 2 aromatic carbocycles. The van der Waals surface area contributed by atoms with Gasteiger partial charge in [0.25, 0.3) is 5.91 Å². The number of nitrogens with zero attached hydrogens (tertiary/aromatic N) is 3. The number of hydrogen-bond acceptors (Lipinski definition) is 4. The number of hydrogen-bond donors (Lipinski definition) is 1. The standard InChI is InChI=1S/C18H10ClF3N4OS/c19-10-4-3-5-11(8-10)26-15(18(20,21)22)12(9-23-26)16(27)25-17-24-13-6-1-2-7-14(13)28-17/h1-9H,(H,24,25,27). The van der Waals surface area contributed by atoms with E-state index in [1.165, 1.54) is 35.6 Å². The van der Waals surface area contributed by atoms with E-state index in [0.717, 1.165) is 10.9 Å². The number of nitrogens with one attached hydrogen (secondary N) is 1. The highest BCUT2D eigenvalue weighted by molar-refractivity contribution is 7.22. The molecule has 0 fully saturated rings. The Morgan fingerprint density at radius 2 is 1.93 bits per heavy atom. The minimum absolute atomic E-state index is 0.0962. The first-order valence-electron chi connectivity index (χ1n) is 7.91. The smallest absolute Gasteiger partial charge is 0.298 e. The van der Waals surface area contributed by atoms with E-state index in [1.54, 1.807) is 18.2 Å². The summed E-state index contributed by atoms with van der Waals surface area (Å²) in [5.41, 5.74) is -1.05. The minimum atomic E-state index is -4.81. The average Bonchev–Trinajstić information content (AvgIpc) is 3.25. The van der Waals surface area contributed by atoms with Gasteiger partial charge in [0.15, 0.2) is 10.8 Å². The number of anilines is 1. The Hall–Kier alpha value is -2.91. The van der Waals surface area contributed by atoms with Crippen molar-refractivity contribution in [2.75, 3.05) is 5.32 Å². The molecule has 1 amide bonds. The summed E-state index contributed by atoms with van der Waals surface area (Å²) in [6.45, 7) is 0. The molecule has 4 aromatic rings. The van der Waals surface area contributed by atoms with E-state index in [2.05, 4.69) is 15.4 Å². The van der Waals surface area contributed by atoms with Crippen molar-refractivity contribution in [2.45, 2.75) is 6.18 Å². The van der Waals surface area contributed by atoms with Crippen molar-refractivity contribution in [3.63, 3.8) is 0 Å². The van der Waals surface area contributed by atoms with Crippen molar-refractivity contribution >= 4 is 44.2 Å². The Bertz CT molecular complexity index is 1150. The highest BCUT2D eigenvalue weighted by Gasteiger charge is 2.40. The Morgan fingerprint density at radius 1 is 1.14 bits per heavy atom. The number of rotatable bonds is 3. The third-order valence-electron chi connectivity index (χ3n) is 3.85. The fraction of sp³-hybridized carbons (Fsp3) is 0.0556. The maximum atomic E-state index is 13.7. The average molecular weight is 423 g/mol. The molecule has 4 rings (SSSR count). The predicted octanol–water partition coefficient (Wildman–Crippen LogP) is 5.41. The van der Waals surface area contributed by atoms with Gasteiger partial charge in [0.2, 0.25) is 0 Å². The van der Waals surface area contributed by atoms with Gasteiger partial charge in [-0.1, -0.05) is 41.1 Å². The van der Waals surface area contributed by atoms with Gasteiger partial charge in [-0.25, -0.2) is 9.67 Å². The third kappa shape index (κ3) is 3.46. The minimum Gasteiger partial charge on any atom is -0.298 e. The Labute approximate surface area is 165 Å². The highest BCUT2D eigenvalue weighted by atomic mass is 35.5. The first-order chi connectivity index (χ1) is 13.3. The second-order valence-electron chi connectivity index (χ2n) is 5.74. The second kappa shape index (κ2) is 6.92. The maximum Gasteiger partial charge on any atom is 0.434 e. The number of benzene rings is 2. The summed E-state index contributed by atoms with van der Waals surface area (Å²) >= 11 is 7.04. The molecular formula is C18H10ClF3N4OS. The quantitative estimate of drug-likeness (QED) is 0.480. The zero-order valence-electron chi connectivity index (χ0n) is 13.9. The van der Waals surface area contributed by atoms with Crippen LogP contribution in [-0.4, -0.2) is 20.7 Å². The van der Waals surface area contributed by atoms with Crippen molar-refractivity contribution in [3.05, 3.63) is 71.0 Å². The van der Waals surface area contributed by atoms with Crippen LogP contribution in [0.25, 0.3) is 15.9 Å². The van der Waals surface area contributed by atoms with Crippen LogP contribution < -0.4 is 5.32 Å². The van der Waals surface area contributed by atoms with Gasteiger partial charge in [0.1, 0.15) is 0 Å². The van der Waals surface area contributed by atoms with Crippen LogP contribution in [0.4, 0.5) is 18.3 Å². The summed E-state index contributed by atoms with van der Waals surface area (Å²) in [7, 11) is 0. The molecule has 10 heteroatoms. The van der Waals surface area contributed by atoms with Crippen molar-refractivity contribution in [1.82, 2.24) is 14.8 Å². The lowest BCUT2D eigenvalue weighted by atomic mass is 10.2. The summed E-state index contributed by atoms with van der Waals surface area (Å²) in [6, 6.07) is 12.9. The van der Waals surface area contributed by atoms with Crippen molar-refractivity contribution in [2.24, 2.45) is 0 Å². The molecule has 0 saturated heterocycles. The first-order valence-corrected chi connectivity index (χ1v) is 9.10. The van der Waals surface area contributed by atoms with E-state index in [0.29, 0.717) is 10.2 Å². The molecule has 0 saturated carbocycles. The largest absolute Gasteiger partial charge is 0.434 e. The zero-order chi connectivity index (χ0) is 19.9. The van der Waals surface area contributed by atoms with Crippen molar-refractivity contribution < 1.29 is 18.0 Å². The van der Waals surface area contributed by atoms with Gasteiger partial charge in [0.05, 0.1) is 27.7 Å². The van der Waals surface area contributed by atoms with Gasteiger partial charge in [-0.15, -0.1) is 0 Å². The number of thiazole rings is 1. The van der Waals surface area contributed by atoms with Crippen LogP contribution in [0.1, 0.15) is 16.1 Å². The first kappa shape index (κ1) is 18.5. The molecule has 0 spiro atoms. The van der Waals surface area contributed by atoms with Gasteiger partial charge in [-0.2, -0.15) is 18.3 Å². The van der Waals surface area contributed by atoms with Gasteiger partial charge >= 0.3 is 6.18 Å². The number of aromatic nitrogens is 3. The molecule has 1 N–H and O–H groups in total. The van der Waals surface area contributed by atoms with E-state index >= 15 is 0 Å². The van der Waals surface area contributed by atoms with Crippen LogP contribution in [0.15, 0.2) is 54.7 Å². The summed E-state index contributed by atoms with van der Waals surface area (Å²) < 4.78 is 42.6. The number of amides is 1. The van der Waals surface area contributed by atoms with E-state index in [1.807, 2.05) is 6.07 Å². The number of alkyl halides is 3. The molecule has 0 aliphatic carbocycles. The topological polar surface area (TPSA) is 59.8 Å². The molecule has 0 aliphatic rings. The summed E-state index contributed by atoms with van der Waals surface area (Å²) in [5.74, 6) is -0.945. The van der Waals surface area contributed by atoms with Crippen molar-refractivity contribution in [3.8, 4) is 5.69 Å². The van der Waals surface area contributed by atoms with Gasteiger partial charge in [0, 0.05) is 5.02 Å². The van der Waals surface area contributed by atoms with Crippen molar-refractivity contribution in [1.29, 1.82) is 0 Å². The van der Waals surface area contributed by atoms with Crippen LogP contribution in [0.5, 0.6) is 0 Å². The molecule has 0 bridgehead atoms. The van der Waals surface area contributed by atoms with E-state index in [9.17, 15) is 18.0 Å². The predicted molar refractivity (Wildman–Crippen MR) is 101 cm³/mol.